The SMILES string of the molecule is CC(=N)CC1CCC(C)CC1. The highest BCUT2D eigenvalue weighted by Gasteiger charge is 2.17. The molecule has 1 aliphatic carbocycles. The molecule has 1 heteroatoms. The van der Waals surface area contributed by atoms with E-state index in [9.17, 15) is 0 Å². The fraction of sp³-hybridized carbons (Fsp3) is 0.900. The van der Waals surface area contributed by atoms with Crippen LogP contribution in [-0.4, -0.2) is 5.71 Å². The highest BCUT2D eigenvalue weighted by atomic mass is 14.4. The molecule has 0 aromatic heterocycles. The number of nitrogens with one attached hydrogen (secondary N) is 1. The molecule has 0 heterocycles. The second kappa shape index (κ2) is 3.89. The number of rotatable bonds is 2. The van der Waals surface area contributed by atoms with E-state index in [0.717, 1.165) is 24.0 Å². The van der Waals surface area contributed by atoms with Gasteiger partial charge in [0.1, 0.15) is 0 Å². The highest BCUT2D eigenvalue weighted by molar-refractivity contribution is 5.78. The lowest BCUT2D eigenvalue weighted by atomic mass is 9.81. The van der Waals surface area contributed by atoms with Crippen molar-refractivity contribution in [2.45, 2.75) is 46.0 Å². The molecule has 0 aromatic rings. The normalized spacial score (nSPS) is 31.8. The molecule has 0 unspecified atom stereocenters. The van der Waals surface area contributed by atoms with Gasteiger partial charge in [0, 0.05) is 5.71 Å². The van der Waals surface area contributed by atoms with Gasteiger partial charge in [0.15, 0.2) is 0 Å². The first-order valence-corrected chi connectivity index (χ1v) is 4.72. The maximum absolute atomic E-state index is 7.38. The average molecular weight is 153 g/mol. The maximum atomic E-state index is 7.38. The molecule has 1 aliphatic rings. The van der Waals surface area contributed by atoms with Crippen molar-refractivity contribution in [1.29, 1.82) is 5.41 Å². The molecule has 1 rings (SSSR count). The van der Waals surface area contributed by atoms with E-state index in [0.29, 0.717) is 0 Å². The molecule has 1 saturated carbocycles. The van der Waals surface area contributed by atoms with E-state index in [1.807, 2.05) is 6.92 Å². The zero-order chi connectivity index (χ0) is 8.27. The van der Waals surface area contributed by atoms with Gasteiger partial charge in [0.05, 0.1) is 0 Å². The quantitative estimate of drug-likeness (QED) is 0.589. The van der Waals surface area contributed by atoms with Crippen molar-refractivity contribution in [3.63, 3.8) is 0 Å². The third-order valence-corrected chi connectivity index (χ3v) is 2.73. The summed E-state index contributed by atoms with van der Waals surface area (Å²) >= 11 is 0. The highest BCUT2D eigenvalue weighted by Crippen LogP contribution is 2.30. The molecule has 1 fully saturated rings. The minimum absolute atomic E-state index is 0.837. The summed E-state index contributed by atoms with van der Waals surface area (Å²) in [7, 11) is 0. The first kappa shape index (κ1) is 8.76. The summed E-state index contributed by atoms with van der Waals surface area (Å²) in [6.45, 7) is 4.27. The zero-order valence-electron chi connectivity index (χ0n) is 7.69. The van der Waals surface area contributed by atoms with E-state index in [2.05, 4.69) is 6.92 Å². The van der Waals surface area contributed by atoms with E-state index in [4.69, 9.17) is 5.41 Å². The summed E-state index contributed by atoms with van der Waals surface area (Å²) in [6, 6.07) is 0. The van der Waals surface area contributed by atoms with Gasteiger partial charge in [-0.3, -0.25) is 0 Å². The first-order valence-electron chi connectivity index (χ1n) is 4.72. The van der Waals surface area contributed by atoms with Crippen LogP contribution < -0.4 is 0 Å². The number of hydrogen-bond donors (Lipinski definition) is 1. The molecular weight excluding hydrogens is 134 g/mol. The Morgan fingerprint density at radius 2 is 1.82 bits per heavy atom. The van der Waals surface area contributed by atoms with Gasteiger partial charge in [-0.2, -0.15) is 0 Å². The number of hydrogen-bond acceptors (Lipinski definition) is 1. The molecule has 0 saturated heterocycles. The topological polar surface area (TPSA) is 23.9 Å². The molecule has 0 bridgehead atoms. The van der Waals surface area contributed by atoms with Crippen LogP contribution in [0.4, 0.5) is 0 Å². The van der Waals surface area contributed by atoms with Crippen LogP contribution in [0, 0.1) is 17.2 Å². The van der Waals surface area contributed by atoms with Crippen LogP contribution in [0.15, 0.2) is 0 Å². The molecular formula is C10H19N. The Morgan fingerprint density at radius 1 is 1.27 bits per heavy atom. The predicted octanol–water partition coefficient (Wildman–Crippen LogP) is 3.24. The summed E-state index contributed by atoms with van der Waals surface area (Å²) in [4.78, 5) is 0. The third kappa shape index (κ3) is 3.04. The van der Waals surface area contributed by atoms with Crippen LogP contribution in [0.3, 0.4) is 0 Å². The summed E-state index contributed by atoms with van der Waals surface area (Å²) in [5, 5.41) is 7.38. The minimum Gasteiger partial charge on any atom is -0.310 e. The Labute approximate surface area is 69.7 Å². The standard InChI is InChI=1S/C10H19N/c1-8-3-5-10(6-4-8)7-9(2)11/h8,10-11H,3-7H2,1-2H3. The Kier molecular flexibility index (Phi) is 3.10. The second-order valence-electron chi connectivity index (χ2n) is 4.11. The van der Waals surface area contributed by atoms with E-state index < -0.39 is 0 Å². The van der Waals surface area contributed by atoms with Crippen molar-refractivity contribution in [2.75, 3.05) is 0 Å². The molecule has 0 atom stereocenters. The van der Waals surface area contributed by atoms with Gasteiger partial charge < -0.3 is 5.41 Å². The van der Waals surface area contributed by atoms with Crippen molar-refractivity contribution in [3.8, 4) is 0 Å². The van der Waals surface area contributed by atoms with Crippen LogP contribution in [0.25, 0.3) is 0 Å². The average Bonchev–Trinajstić information content (AvgIpc) is 1.93. The minimum atomic E-state index is 0.837. The maximum Gasteiger partial charge on any atom is 0.00609 e. The Hall–Kier alpha value is -0.330. The molecule has 0 radical (unpaired) electrons. The predicted molar refractivity (Wildman–Crippen MR) is 49.1 cm³/mol. The Balaban J connectivity index is 2.22. The molecule has 1 nitrogen and oxygen atoms in total. The summed E-state index contributed by atoms with van der Waals surface area (Å²) in [5.41, 5.74) is 0.865. The van der Waals surface area contributed by atoms with Crippen LogP contribution in [0.2, 0.25) is 0 Å². The van der Waals surface area contributed by atoms with Crippen molar-refractivity contribution >= 4 is 5.71 Å². The van der Waals surface area contributed by atoms with Gasteiger partial charge in [0.25, 0.3) is 0 Å². The van der Waals surface area contributed by atoms with Gasteiger partial charge in [-0.05, 0) is 38.0 Å². The lowest BCUT2D eigenvalue weighted by Crippen LogP contribution is -2.14. The molecule has 11 heavy (non-hydrogen) atoms. The first-order chi connectivity index (χ1) is 5.18. The third-order valence-electron chi connectivity index (χ3n) is 2.73. The molecule has 0 aliphatic heterocycles. The lowest BCUT2D eigenvalue weighted by Gasteiger charge is -2.25. The van der Waals surface area contributed by atoms with Crippen LogP contribution in [0.5, 0.6) is 0 Å². The monoisotopic (exact) mass is 153 g/mol. The van der Waals surface area contributed by atoms with Gasteiger partial charge in [-0.25, -0.2) is 0 Å². The second-order valence-corrected chi connectivity index (χ2v) is 4.11. The molecule has 0 aromatic carbocycles. The molecule has 0 amide bonds. The Morgan fingerprint density at radius 3 is 2.27 bits per heavy atom. The fourth-order valence-corrected chi connectivity index (χ4v) is 1.97. The van der Waals surface area contributed by atoms with Crippen molar-refractivity contribution in [1.82, 2.24) is 0 Å². The largest absolute Gasteiger partial charge is 0.310 e. The van der Waals surface area contributed by atoms with E-state index in [1.165, 1.54) is 25.7 Å². The van der Waals surface area contributed by atoms with Crippen molar-refractivity contribution in [2.24, 2.45) is 11.8 Å². The smallest absolute Gasteiger partial charge is 0.00609 e. The molecule has 64 valence electrons. The van der Waals surface area contributed by atoms with E-state index in [1.54, 1.807) is 0 Å². The zero-order valence-corrected chi connectivity index (χ0v) is 7.69. The fourth-order valence-electron chi connectivity index (χ4n) is 1.97. The van der Waals surface area contributed by atoms with E-state index in [-0.39, 0.29) is 0 Å². The Bertz CT molecular complexity index is 132. The van der Waals surface area contributed by atoms with E-state index >= 15 is 0 Å². The van der Waals surface area contributed by atoms with Crippen molar-refractivity contribution < 1.29 is 0 Å². The summed E-state index contributed by atoms with van der Waals surface area (Å²) in [5.74, 6) is 1.78. The van der Waals surface area contributed by atoms with Gasteiger partial charge in [0.2, 0.25) is 0 Å². The molecule has 1 N–H and O–H groups in total. The summed E-state index contributed by atoms with van der Waals surface area (Å²) < 4.78 is 0. The molecule has 0 spiro atoms. The lowest BCUT2D eigenvalue weighted by molar-refractivity contribution is 0.296. The van der Waals surface area contributed by atoms with Crippen molar-refractivity contribution in [3.05, 3.63) is 0 Å². The van der Waals surface area contributed by atoms with Gasteiger partial charge in [-0.15, -0.1) is 0 Å². The van der Waals surface area contributed by atoms with Crippen LogP contribution in [0.1, 0.15) is 46.0 Å². The summed E-state index contributed by atoms with van der Waals surface area (Å²) in [6.07, 6.45) is 6.54. The van der Waals surface area contributed by atoms with Gasteiger partial charge in [-0.1, -0.05) is 19.8 Å². The van der Waals surface area contributed by atoms with Gasteiger partial charge >= 0.3 is 0 Å². The van der Waals surface area contributed by atoms with Crippen LogP contribution in [-0.2, 0) is 0 Å². The van der Waals surface area contributed by atoms with Crippen LogP contribution >= 0.6 is 0 Å².